The molecular weight excluding hydrogens is 333 g/mol. The van der Waals surface area contributed by atoms with E-state index >= 15 is 0 Å². The Labute approximate surface area is 104 Å². The molecule has 0 bridgehead atoms. The van der Waals surface area contributed by atoms with Gasteiger partial charge in [0.15, 0.2) is 0 Å². The van der Waals surface area contributed by atoms with Gasteiger partial charge in [-0.15, -0.1) is 0 Å². The van der Waals surface area contributed by atoms with Crippen LogP contribution in [0.15, 0.2) is 6.20 Å². The van der Waals surface area contributed by atoms with Crippen LogP contribution in [0.25, 0.3) is 0 Å². The molecule has 2 N–H and O–H groups in total. The Kier molecular flexibility index (Phi) is 4.54. The first-order chi connectivity index (χ1) is 7.52. The zero-order valence-electron chi connectivity index (χ0n) is 8.34. The summed E-state index contributed by atoms with van der Waals surface area (Å²) in [4.78, 5) is 15.0. The van der Waals surface area contributed by atoms with Crippen LogP contribution in [0.5, 0.6) is 0 Å². The second kappa shape index (κ2) is 5.48. The fourth-order valence-electron chi connectivity index (χ4n) is 1.18. The average Bonchev–Trinajstić information content (AvgIpc) is 2.26. The highest BCUT2D eigenvalue weighted by Crippen LogP contribution is 2.29. The number of aromatic nitrogens is 1. The predicted octanol–water partition coefficient (Wildman–Crippen LogP) is 1.87. The van der Waals surface area contributed by atoms with Gasteiger partial charge in [0.25, 0.3) is 6.43 Å². The normalized spacial score (nSPS) is 10.6. The summed E-state index contributed by atoms with van der Waals surface area (Å²) in [5.74, 6) is -0.692. The molecule has 0 amide bonds. The number of hydrogen-bond acceptors (Lipinski definition) is 4. The van der Waals surface area contributed by atoms with Crippen molar-refractivity contribution in [2.75, 3.05) is 7.11 Å². The molecule has 0 saturated carbocycles. The maximum Gasteiger partial charge on any atom is 0.340 e. The van der Waals surface area contributed by atoms with Crippen LogP contribution in [0.3, 0.4) is 0 Å². The first-order valence-corrected chi connectivity index (χ1v) is 5.34. The number of halogens is 3. The molecule has 88 valence electrons. The highest BCUT2D eigenvalue weighted by Gasteiger charge is 2.23. The lowest BCUT2D eigenvalue weighted by atomic mass is 10.1. The molecule has 0 spiro atoms. The van der Waals surface area contributed by atoms with E-state index in [1.807, 2.05) is 0 Å². The lowest BCUT2D eigenvalue weighted by Gasteiger charge is -2.11. The van der Waals surface area contributed by atoms with Gasteiger partial charge in [-0.25, -0.2) is 13.6 Å². The number of esters is 1. The first-order valence-electron chi connectivity index (χ1n) is 4.26. The fourth-order valence-corrected chi connectivity index (χ4v) is 2.08. The SMILES string of the molecule is COC(=O)c1cnc(CN)c(C(F)F)c1I. The van der Waals surface area contributed by atoms with Gasteiger partial charge in [-0.1, -0.05) is 0 Å². The number of carbonyl (C=O) groups is 1. The van der Waals surface area contributed by atoms with E-state index in [4.69, 9.17) is 5.73 Å². The number of ether oxygens (including phenoxy) is 1. The van der Waals surface area contributed by atoms with Crippen molar-refractivity contribution >= 4 is 28.6 Å². The number of carbonyl (C=O) groups excluding carboxylic acids is 1. The minimum atomic E-state index is -2.72. The topological polar surface area (TPSA) is 65.2 Å². The van der Waals surface area contributed by atoms with E-state index in [1.165, 1.54) is 13.3 Å². The van der Waals surface area contributed by atoms with Crippen LogP contribution in [0.4, 0.5) is 8.78 Å². The largest absolute Gasteiger partial charge is 0.465 e. The summed E-state index contributed by atoms with van der Waals surface area (Å²) in [6.45, 7) is -0.100. The standard InChI is InChI=1S/C9H9F2IN2O2/c1-16-9(15)4-3-14-5(2-13)6(7(4)12)8(10)11/h3,8H,2,13H2,1H3. The maximum atomic E-state index is 12.8. The van der Waals surface area contributed by atoms with Gasteiger partial charge in [0.2, 0.25) is 0 Å². The molecule has 7 heteroatoms. The van der Waals surface area contributed by atoms with E-state index in [2.05, 4.69) is 9.72 Å². The van der Waals surface area contributed by atoms with E-state index < -0.39 is 12.4 Å². The van der Waals surface area contributed by atoms with Crippen molar-refractivity contribution in [2.24, 2.45) is 5.73 Å². The quantitative estimate of drug-likeness (QED) is 0.673. The Balaban J connectivity index is 3.37. The third-order valence-corrected chi connectivity index (χ3v) is 3.11. The van der Waals surface area contributed by atoms with Gasteiger partial charge in [0.1, 0.15) is 0 Å². The highest BCUT2D eigenvalue weighted by atomic mass is 127. The number of hydrogen-bond donors (Lipinski definition) is 1. The molecule has 1 rings (SSSR count). The molecule has 1 heterocycles. The van der Waals surface area contributed by atoms with Crippen molar-refractivity contribution < 1.29 is 18.3 Å². The Morgan fingerprint density at radius 3 is 2.75 bits per heavy atom. The van der Waals surface area contributed by atoms with Crippen LogP contribution in [0, 0.1) is 3.57 Å². The summed E-state index contributed by atoms with van der Waals surface area (Å²) < 4.78 is 30.1. The van der Waals surface area contributed by atoms with Gasteiger partial charge in [-0.05, 0) is 22.6 Å². The first kappa shape index (κ1) is 13.2. The summed E-state index contributed by atoms with van der Waals surface area (Å²) in [5.41, 5.74) is 5.11. The van der Waals surface area contributed by atoms with Gasteiger partial charge in [-0.2, -0.15) is 0 Å². The summed E-state index contributed by atoms with van der Waals surface area (Å²) in [7, 11) is 1.18. The van der Waals surface area contributed by atoms with Gasteiger partial charge in [-0.3, -0.25) is 4.98 Å². The molecule has 0 unspecified atom stereocenters. The van der Waals surface area contributed by atoms with Crippen LogP contribution >= 0.6 is 22.6 Å². The van der Waals surface area contributed by atoms with Crippen molar-refractivity contribution in [3.05, 3.63) is 26.6 Å². The molecule has 16 heavy (non-hydrogen) atoms. The molecule has 1 aromatic heterocycles. The highest BCUT2D eigenvalue weighted by molar-refractivity contribution is 14.1. The number of nitrogens with zero attached hydrogens (tertiary/aromatic N) is 1. The van der Waals surface area contributed by atoms with Gasteiger partial charge >= 0.3 is 5.97 Å². The van der Waals surface area contributed by atoms with E-state index in [9.17, 15) is 13.6 Å². The second-order valence-corrected chi connectivity index (χ2v) is 3.92. The van der Waals surface area contributed by atoms with E-state index in [-0.39, 0.29) is 26.9 Å². The van der Waals surface area contributed by atoms with Crippen molar-refractivity contribution in [3.8, 4) is 0 Å². The van der Waals surface area contributed by atoms with Crippen LogP contribution in [0.2, 0.25) is 0 Å². The van der Waals surface area contributed by atoms with Gasteiger partial charge < -0.3 is 10.5 Å². The molecule has 0 saturated heterocycles. The third-order valence-electron chi connectivity index (χ3n) is 1.95. The molecule has 0 aliphatic heterocycles. The van der Waals surface area contributed by atoms with Crippen molar-refractivity contribution in [1.29, 1.82) is 0 Å². The van der Waals surface area contributed by atoms with Crippen molar-refractivity contribution in [1.82, 2.24) is 4.98 Å². The molecule has 0 aromatic carbocycles. The van der Waals surface area contributed by atoms with E-state index in [0.717, 1.165) is 0 Å². The number of pyridine rings is 1. The molecule has 4 nitrogen and oxygen atoms in total. The Morgan fingerprint density at radius 2 is 2.31 bits per heavy atom. The van der Waals surface area contributed by atoms with Crippen LogP contribution in [0.1, 0.15) is 28.0 Å². The minimum absolute atomic E-state index is 0.0237. The van der Waals surface area contributed by atoms with Crippen LogP contribution < -0.4 is 5.73 Å². The van der Waals surface area contributed by atoms with Gasteiger partial charge in [0.05, 0.1) is 23.9 Å². The van der Waals surface area contributed by atoms with Gasteiger partial charge in [0, 0.05) is 16.3 Å². The lowest BCUT2D eigenvalue weighted by molar-refractivity contribution is 0.0598. The Morgan fingerprint density at radius 1 is 1.69 bits per heavy atom. The third kappa shape index (κ3) is 2.46. The smallest absolute Gasteiger partial charge is 0.340 e. The van der Waals surface area contributed by atoms with Crippen molar-refractivity contribution in [3.63, 3.8) is 0 Å². The molecular formula is C9H9F2IN2O2. The second-order valence-electron chi connectivity index (χ2n) is 2.84. The Bertz CT molecular complexity index is 413. The molecule has 0 radical (unpaired) electrons. The zero-order chi connectivity index (χ0) is 12.3. The average molecular weight is 342 g/mol. The maximum absolute atomic E-state index is 12.8. The van der Waals surface area contributed by atoms with E-state index in [1.54, 1.807) is 22.6 Å². The van der Waals surface area contributed by atoms with Crippen LogP contribution in [-0.4, -0.2) is 18.1 Å². The molecule has 1 aromatic rings. The molecule has 0 aliphatic carbocycles. The lowest BCUT2D eigenvalue weighted by Crippen LogP contribution is -2.13. The number of methoxy groups -OCH3 is 1. The predicted molar refractivity (Wildman–Crippen MR) is 61.1 cm³/mol. The van der Waals surface area contributed by atoms with Crippen LogP contribution in [-0.2, 0) is 11.3 Å². The zero-order valence-corrected chi connectivity index (χ0v) is 10.5. The summed E-state index contributed by atoms with van der Waals surface area (Å²) >= 11 is 1.67. The monoisotopic (exact) mass is 342 g/mol. The fraction of sp³-hybridized carbons (Fsp3) is 0.333. The number of rotatable bonds is 3. The number of nitrogens with two attached hydrogens (primary N) is 1. The van der Waals surface area contributed by atoms with Crippen molar-refractivity contribution in [2.45, 2.75) is 13.0 Å². The molecule has 0 fully saturated rings. The Hall–Kier alpha value is -0.830. The molecule has 0 atom stereocenters. The summed E-state index contributed by atoms with van der Waals surface area (Å²) in [6, 6.07) is 0. The minimum Gasteiger partial charge on any atom is -0.465 e. The van der Waals surface area contributed by atoms with E-state index in [0.29, 0.717) is 0 Å². The summed E-state index contributed by atoms with van der Waals surface area (Å²) in [6.07, 6.45) is -1.52. The summed E-state index contributed by atoms with van der Waals surface area (Å²) in [5, 5.41) is 0. The molecule has 0 aliphatic rings. The number of alkyl halides is 2.